The van der Waals surface area contributed by atoms with Gasteiger partial charge >= 0.3 is 23.9 Å². The van der Waals surface area contributed by atoms with E-state index in [1.165, 1.54) is 42.5 Å². The van der Waals surface area contributed by atoms with Crippen molar-refractivity contribution >= 4 is 23.9 Å². The lowest BCUT2D eigenvalue weighted by Crippen LogP contribution is -2.24. The third-order valence-electron chi connectivity index (χ3n) is 10.0. The number of hydrogen-bond acceptors (Lipinski definition) is 12. The van der Waals surface area contributed by atoms with E-state index < -0.39 is 54.6 Å². The highest BCUT2D eigenvalue weighted by Gasteiger charge is 2.38. The molecule has 5 unspecified atom stereocenters. The highest BCUT2D eigenvalue weighted by Crippen LogP contribution is 2.37. The molecular weight excluding hydrogens is 769 g/mol. The first kappa shape index (κ1) is 39.5. The Balaban J connectivity index is 0.938. The van der Waals surface area contributed by atoms with Gasteiger partial charge in [-0.25, -0.2) is 9.59 Å². The zero-order chi connectivity index (χ0) is 41.8. The third kappa shape index (κ3) is 8.88. The maximum atomic E-state index is 13.4. The van der Waals surface area contributed by atoms with Gasteiger partial charge in [0.25, 0.3) is 0 Å². The Morgan fingerprint density at radius 3 is 1.95 bits per heavy atom. The van der Waals surface area contributed by atoms with Gasteiger partial charge in [0.15, 0.2) is 6.29 Å². The van der Waals surface area contributed by atoms with Crippen LogP contribution in [0.4, 0.5) is 0 Å². The molecule has 8 rings (SSSR count). The molecule has 2 heterocycles. The lowest BCUT2D eigenvalue weighted by atomic mass is 9.90. The van der Waals surface area contributed by atoms with Gasteiger partial charge in [-0.3, -0.25) is 9.59 Å². The highest BCUT2D eigenvalue weighted by atomic mass is 16.6. The predicted octanol–water partition coefficient (Wildman–Crippen LogP) is 5.00. The molecule has 3 N–H and O–H groups in total. The van der Waals surface area contributed by atoms with Gasteiger partial charge in [0, 0.05) is 39.0 Å². The zero-order valence-electron chi connectivity index (χ0n) is 31.6. The highest BCUT2D eigenvalue weighted by molar-refractivity contribution is 5.96. The van der Waals surface area contributed by atoms with E-state index in [1.54, 1.807) is 12.1 Å². The Hall–Kier alpha value is -7.32. The van der Waals surface area contributed by atoms with Gasteiger partial charge in [0.1, 0.15) is 11.5 Å². The summed E-state index contributed by atoms with van der Waals surface area (Å²) in [5.41, 5.74) is 4.93. The first-order chi connectivity index (χ1) is 29.1. The fourth-order valence-electron chi connectivity index (χ4n) is 6.77. The maximum absolute atomic E-state index is 13.4. The van der Waals surface area contributed by atoms with Crippen LogP contribution in [0.5, 0.6) is 11.5 Å². The van der Waals surface area contributed by atoms with Crippen molar-refractivity contribution in [2.75, 3.05) is 0 Å². The van der Waals surface area contributed by atoms with Crippen LogP contribution in [0.1, 0.15) is 52.5 Å². The van der Waals surface area contributed by atoms with E-state index in [-0.39, 0.29) is 58.8 Å². The number of benzene rings is 4. The van der Waals surface area contributed by atoms with Crippen molar-refractivity contribution in [2.24, 2.45) is 11.8 Å². The second-order valence-corrected chi connectivity index (χ2v) is 14.1. The molecule has 2 aliphatic carbocycles. The summed E-state index contributed by atoms with van der Waals surface area (Å²) < 4.78 is 26.8. The molecule has 0 bridgehead atoms. The van der Waals surface area contributed by atoms with Crippen LogP contribution in [0, 0.1) is 35.5 Å². The number of carbonyl (C=O) groups excluding carboxylic acids is 4. The number of rotatable bonds is 8. The average molecular weight is 803 g/mol. The Kier molecular flexibility index (Phi) is 11.4. The molecule has 4 aromatic rings. The van der Waals surface area contributed by atoms with Crippen LogP contribution in [0.3, 0.4) is 0 Å². The summed E-state index contributed by atoms with van der Waals surface area (Å²) in [7, 11) is 0. The second-order valence-electron chi connectivity index (χ2n) is 14.1. The summed E-state index contributed by atoms with van der Waals surface area (Å²) in [4.78, 5) is 50.7. The smallest absolute Gasteiger partial charge is 0.340 e. The average Bonchev–Trinajstić information content (AvgIpc) is 3.73. The molecule has 4 aromatic carbocycles. The second kappa shape index (κ2) is 17.3. The Morgan fingerprint density at radius 1 is 0.683 bits per heavy atom. The zero-order valence-corrected chi connectivity index (χ0v) is 31.6. The molecule has 2 aliphatic heterocycles. The van der Waals surface area contributed by atoms with Gasteiger partial charge in [-0.1, -0.05) is 78.3 Å². The maximum Gasteiger partial charge on any atom is 0.340 e. The standard InChI is InChI=1S/C48H34O12/c49-42(33-18-21-36-38(24-33)47(54)59-45(36)52)57-35-20-23-41(58-43(50)34-19-22-37-39(25-34)48(55)60-46(37)53)40(26-35)44(51)56-27-32-16-14-31(15-17-32)13-12-30-10-8-29(9-11-30)7-6-28-4-2-1-3-5-28/h1-5,8-11,14-23,26,33-34,44,46-47,51,53-54H,24-25,27H2. The van der Waals surface area contributed by atoms with E-state index in [1.807, 2.05) is 66.7 Å². The molecule has 12 heteroatoms. The van der Waals surface area contributed by atoms with Crippen LogP contribution in [-0.4, -0.2) is 51.8 Å². The molecule has 298 valence electrons. The van der Waals surface area contributed by atoms with E-state index >= 15 is 0 Å². The number of aliphatic hydroxyl groups excluding tert-OH is 3. The molecule has 60 heavy (non-hydrogen) atoms. The number of aliphatic hydroxyl groups is 3. The largest absolute Gasteiger partial charge is 0.428 e. The van der Waals surface area contributed by atoms with Crippen LogP contribution in [0.25, 0.3) is 0 Å². The minimum absolute atomic E-state index is 0.00778. The summed E-state index contributed by atoms with van der Waals surface area (Å²) in [5.74, 6) is 7.78. The molecule has 0 radical (unpaired) electrons. The van der Waals surface area contributed by atoms with Crippen molar-refractivity contribution in [3.63, 3.8) is 0 Å². The molecule has 12 nitrogen and oxygen atoms in total. The van der Waals surface area contributed by atoms with E-state index in [0.29, 0.717) is 5.56 Å². The van der Waals surface area contributed by atoms with Crippen LogP contribution >= 0.6 is 0 Å². The monoisotopic (exact) mass is 802 g/mol. The number of esters is 4. The summed E-state index contributed by atoms with van der Waals surface area (Å²) in [6.07, 6.45) is 1.19. The van der Waals surface area contributed by atoms with Crippen molar-refractivity contribution in [3.05, 3.63) is 177 Å². The van der Waals surface area contributed by atoms with E-state index in [9.17, 15) is 34.5 Å². The summed E-state index contributed by atoms with van der Waals surface area (Å²) >= 11 is 0. The summed E-state index contributed by atoms with van der Waals surface area (Å²) in [6.45, 7) is -0.0715. The molecule has 0 saturated carbocycles. The minimum Gasteiger partial charge on any atom is -0.428 e. The lowest BCUT2D eigenvalue weighted by Gasteiger charge is -2.21. The Morgan fingerprint density at radius 2 is 1.27 bits per heavy atom. The summed E-state index contributed by atoms with van der Waals surface area (Å²) in [5, 5.41) is 31.4. The SMILES string of the molecule is O=C1OC(O)C2=C1C=CC(C(=O)Oc1ccc(OC(=O)C3C=CC4=C(C3)C(=O)OC4O)c(C(O)OCc3ccc(C#Cc4ccc(C#Cc5ccccc5)cc4)cc3)c1)C2. The summed E-state index contributed by atoms with van der Waals surface area (Å²) in [6, 6.07) is 28.6. The van der Waals surface area contributed by atoms with E-state index in [4.69, 9.17) is 23.7 Å². The quantitative estimate of drug-likeness (QED) is 0.0943. The van der Waals surface area contributed by atoms with Gasteiger partial charge in [0.2, 0.25) is 12.6 Å². The van der Waals surface area contributed by atoms with Crippen LogP contribution < -0.4 is 9.47 Å². The fourth-order valence-corrected chi connectivity index (χ4v) is 6.77. The van der Waals surface area contributed by atoms with Crippen LogP contribution in [-0.2, 0) is 40.0 Å². The van der Waals surface area contributed by atoms with Gasteiger partial charge in [-0.2, -0.15) is 0 Å². The number of cyclic esters (lactones) is 2. The van der Waals surface area contributed by atoms with Crippen molar-refractivity contribution in [1.29, 1.82) is 0 Å². The topological polar surface area (TPSA) is 175 Å². The molecule has 0 saturated heterocycles. The third-order valence-corrected chi connectivity index (χ3v) is 10.0. The molecule has 0 fully saturated rings. The first-order valence-corrected chi connectivity index (χ1v) is 18.8. The Labute approximate surface area is 343 Å². The normalized spacial score (nSPS) is 20.4. The molecule has 0 amide bonds. The van der Waals surface area contributed by atoms with Crippen LogP contribution in [0.2, 0.25) is 0 Å². The van der Waals surface area contributed by atoms with E-state index in [2.05, 4.69) is 23.7 Å². The van der Waals surface area contributed by atoms with Gasteiger partial charge in [-0.15, -0.1) is 0 Å². The fraction of sp³-hybridized carbons (Fsp3) is 0.167. The van der Waals surface area contributed by atoms with Gasteiger partial charge < -0.3 is 39.0 Å². The number of hydrogen-bond donors (Lipinski definition) is 3. The Bertz CT molecular complexity index is 2630. The van der Waals surface area contributed by atoms with Gasteiger partial charge in [-0.05, 0) is 85.1 Å². The first-order valence-electron chi connectivity index (χ1n) is 18.8. The lowest BCUT2D eigenvalue weighted by molar-refractivity contribution is -0.153. The molecule has 0 spiro atoms. The number of carbonyl (C=O) groups is 4. The minimum atomic E-state index is -1.68. The van der Waals surface area contributed by atoms with Gasteiger partial charge in [0.05, 0.1) is 29.6 Å². The molecule has 5 atom stereocenters. The van der Waals surface area contributed by atoms with Crippen molar-refractivity contribution < 1.29 is 58.2 Å². The number of ether oxygens (including phenoxy) is 5. The molecular formula is C48H34O12. The van der Waals surface area contributed by atoms with E-state index in [0.717, 1.165) is 22.3 Å². The van der Waals surface area contributed by atoms with Crippen molar-refractivity contribution in [3.8, 4) is 35.2 Å². The predicted molar refractivity (Wildman–Crippen MR) is 211 cm³/mol. The van der Waals surface area contributed by atoms with Crippen molar-refractivity contribution in [2.45, 2.75) is 38.3 Å². The van der Waals surface area contributed by atoms with Crippen molar-refractivity contribution in [1.82, 2.24) is 0 Å². The molecule has 0 aromatic heterocycles. The van der Waals surface area contributed by atoms with Crippen LogP contribution in [0.15, 0.2) is 144 Å². The molecule has 4 aliphatic rings.